The Bertz CT molecular complexity index is 1370. The fourth-order valence-corrected chi connectivity index (χ4v) is 5.78. The Morgan fingerprint density at radius 2 is 1.47 bits per heavy atom. The van der Waals surface area contributed by atoms with Crippen LogP contribution < -0.4 is 0 Å². The molecule has 1 amide bonds. The zero-order chi connectivity index (χ0) is 30.9. The third-order valence-electron chi connectivity index (χ3n) is 8.51. The average Bonchev–Trinajstić information content (AvgIpc) is 3.35. The Balaban J connectivity index is 1.62. The third-order valence-corrected chi connectivity index (χ3v) is 8.51. The molecule has 2 heterocycles. The van der Waals surface area contributed by atoms with Crippen molar-refractivity contribution in [2.45, 2.75) is 86.1 Å². The molecular formula is C36H50N4O3. The van der Waals surface area contributed by atoms with Gasteiger partial charge in [0.25, 0.3) is 5.91 Å². The number of rotatable bonds is 15. The molecule has 3 aromatic rings. The number of Topliss-reactive ketones (excluding diaryl/α,β-unsaturated/α-hetero) is 2. The van der Waals surface area contributed by atoms with Crippen LogP contribution in [0.15, 0.2) is 42.5 Å². The second-order valence-corrected chi connectivity index (χ2v) is 13.1. The number of aryl methyl sites for hydroxylation is 1. The molecule has 1 fully saturated rings. The number of carbonyl (C=O) groups is 3. The van der Waals surface area contributed by atoms with Gasteiger partial charge in [0.2, 0.25) is 5.78 Å². The number of fused-ring (bicyclic) bond motifs is 1. The summed E-state index contributed by atoms with van der Waals surface area (Å²) in [5.74, 6) is 1.46. The van der Waals surface area contributed by atoms with E-state index in [9.17, 15) is 14.4 Å². The summed E-state index contributed by atoms with van der Waals surface area (Å²) < 4.78 is 2.04. The molecule has 43 heavy (non-hydrogen) atoms. The molecule has 2 aromatic carbocycles. The zero-order valence-corrected chi connectivity index (χ0v) is 26.9. The van der Waals surface area contributed by atoms with Crippen molar-refractivity contribution in [1.82, 2.24) is 19.4 Å². The Labute approximate surface area is 257 Å². The van der Waals surface area contributed by atoms with Crippen molar-refractivity contribution in [2.75, 3.05) is 32.7 Å². The van der Waals surface area contributed by atoms with E-state index in [1.165, 1.54) is 19.3 Å². The number of hydrogen-bond donors (Lipinski definition) is 0. The van der Waals surface area contributed by atoms with Crippen LogP contribution in [0.3, 0.4) is 0 Å². The summed E-state index contributed by atoms with van der Waals surface area (Å²) in [4.78, 5) is 48.5. The molecule has 1 aliphatic rings. The molecule has 232 valence electrons. The van der Waals surface area contributed by atoms with Gasteiger partial charge in [-0.15, -0.1) is 0 Å². The first-order valence-electron chi connectivity index (χ1n) is 16.3. The van der Waals surface area contributed by atoms with Gasteiger partial charge in [-0.05, 0) is 94.3 Å². The highest BCUT2D eigenvalue weighted by Crippen LogP contribution is 2.23. The topological polar surface area (TPSA) is 75.5 Å². The SMILES string of the molecule is CC(=O)c1ccc(CC(=O)c2nc3ccc(C(=O)N(CCC(C)C)CCC(C)C)cc3n2CCCN2CCCCC2)cc1. The van der Waals surface area contributed by atoms with Crippen LogP contribution in [0.25, 0.3) is 11.0 Å². The number of aromatic nitrogens is 2. The number of likely N-dealkylation sites (tertiary alicyclic amines) is 1. The summed E-state index contributed by atoms with van der Waals surface area (Å²) in [6, 6.07) is 12.9. The van der Waals surface area contributed by atoms with Gasteiger partial charge in [0.05, 0.1) is 11.0 Å². The van der Waals surface area contributed by atoms with Gasteiger partial charge in [0.15, 0.2) is 11.6 Å². The standard InChI is InChI=1S/C36H50N4O3/c1-26(2)16-22-39(23-17-27(3)4)36(43)31-14-15-32-33(25-31)40(21-9-20-38-18-7-6-8-19-38)35(37-32)34(42)24-29-10-12-30(13-11-29)28(5)41/h10-15,25-27H,6-9,16-24H2,1-5H3. The molecular weight excluding hydrogens is 536 g/mol. The largest absolute Gasteiger partial charge is 0.339 e. The lowest BCUT2D eigenvalue weighted by Crippen LogP contribution is -2.34. The van der Waals surface area contributed by atoms with Crippen LogP contribution in [0.1, 0.15) is 110 Å². The Morgan fingerprint density at radius 3 is 2.07 bits per heavy atom. The summed E-state index contributed by atoms with van der Waals surface area (Å²) in [7, 11) is 0. The molecule has 4 rings (SSSR count). The van der Waals surface area contributed by atoms with Crippen LogP contribution in [-0.4, -0.2) is 69.5 Å². The molecule has 0 radical (unpaired) electrons. The van der Waals surface area contributed by atoms with E-state index in [4.69, 9.17) is 4.98 Å². The Kier molecular flexibility index (Phi) is 11.7. The first-order valence-corrected chi connectivity index (χ1v) is 16.3. The van der Waals surface area contributed by atoms with Gasteiger partial charge in [-0.25, -0.2) is 4.98 Å². The number of piperidine rings is 1. The van der Waals surface area contributed by atoms with Crippen LogP contribution in [0.4, 0.5) is 0 Å². The number of ketones is 2. The average molecular weight is 587 g/mol. The number of nitrogens with zero attached hydrogens (tertiary/aromatic N) is 4. The first-order chi connectivity index (χ1) is 20.6. The summed E-state index contributed by atoms with van der Waals surface area (Å²) in [5, 5.41) is 0. The zero-order valence-electron chi connectivity index (χ0n) is 26.9. The van der Waals surface area contributed by atoms with Crippen LogP contribution in [0.5, 0.6) is 0 Å². The minimum absolute atomic E-state index is 0.00528. The summed E-state index contributed by atoms with van der Waals surface area (Å²) in [5.41, 5.74) is 3.71. The minimum Gasteiger partial charge on any atom is -0.339 e. The normalized spacial score (nSPS) is 14.1. The Hall–Kier alpha value is -3.32. The third kappa shape index (κ3) is 9.09. The van der Waals surface area contributed by atoms with Crippen molar-refractivity contribution in [3.05, 3.63) is 65.0 Å². The van der Waals surface area contributed by atoms with Gasteiger partial charge in [0, 0.05) is 37.2 Å². The number of carbonyl (C=O) groups excluding carboxylic acids is 3. The van der Waals surface area contributed by atoms with Crippen molar-refractivity contribution < 1.29 is 14.4 Å². The van der Waals surface area contributed by atoms with Gasteiger partial charge in [-0.3, -0.25) is 14.4 Å². The van der Waals surface area contributed by atoms with Crippen molar-refractivity contribution in [3.8, 4) is 0 Å². The highest BCUT2D eigenvalue weighted by molar-refractivity contribution is 6.01. The summed E-state index contributed by atoms with van der Waals surface area (Å²) in [6.07, 6.45) is 6.84. The highest BCUT2D eigenvalue weighted by atomic mass is 16.2. The molecule has 0 atom stereocenters. The molecule has 0 bridgehead atoms. The maximum absolute atomic E-state index is 13.8. The molecule has 0 spiro atoms. The molecule has 7 nitrogen and oxygen atoms in total. The predicted octanol–water partition coefficient (Wildman–Crippen LogP) is 7.07. The van der Waals surface area contributed by atoms with Crippen molar-refractivity contribution in [2.24, 2.45) is 11.8 Å². The smallest absolute Gasteiger partial charge is 0.253 e. The van der Waals surface area contributed by atoms with Gasteiger partial charge in [-0.1, -0.05) is 58.4 Å². The van der Waals surface area contributed by atoms with E-state index in [1.807, 2.05) is 39.8 Å². The minimum atomic E-state index is -0.0619. The molecule has 0 unspecified atom stereocenters. The van der Waals surface area contributed by atoms with Crippen LogP contribution in [0.2, 0.25) is 0 Å². The lowest BCUT2D eigenvalue weighted by molar-refractivity contribution is 0.0740. The van der Waals surface area contributed by atoms with Crippen molar-refractivity contribution >= 4 is 28.5 Å². The molecule has 1 saturated heterocycles. The quantitative estimate of drug-likeness (QED) is 0.178. The van der Waals surface area contributed by atoms with Crippen LogP contribution >= 0.6 is 0 Å². The first kappa shape index (κ1) is 32.6. The fraction of sp³-hybridized carbons (Fsp3) is 0.556. The summed E-state index contributed by atoms with van der Waals surface area (Å²) in [6.45, 7) is 15.7. The lowest BCUT2D eigenvalue weighted by Gasteiger charge is -2.26. The molecule has 0 N–H and O–H groups in total. The second-order valence-electron chi connectivity index (χ2n) is 13.1. The number of imidazole rings is 1. The van der Waals surface area contributed by atoms with Crippen molar-refractivity contribution in [1.29, 1.82) is 0 Å². The number of amides is 1. The van der Waals surface area contributed by atoms with E-state index in [-0.39, 0.29) is 23.9 Å². The molecule has 1 aliphatic heterocycles. The predicted molar refractivity (Wildman–Crippen MR) is 174 cm³/mol. The van der Waals surface area contributed by atoms with E-state index in [0.717, 1.165) is 68.6 Å². The molecule has 0 saturated carbocycles. The number of benzene rings is 2. The maximum atomic E-state index is 13.8. The monoisotopic (exact) mass is 586 g/mol. The molecule has 7 heteroatoms. The van der Waals surface area contributed by atoms with E-state index in [0.29, 0.717) is 35.3 Å². The lowest BCUT2D eigenvalue weighted by atomic mass is 10.0. The van der Waals surface area contributed by atoms with Gasteiger partial charge >= 0.3 is 0 Å². The van der Waals surface area contributed by atoms with Gasteiger partial charge < -0.3 is 14.4 Å². The van der Waals surface area contributed by atoms with Crippen LogP contribution in [-0.2, 0) is 13.0 Å². The van der Waals surface area contributed by atoms with E-state index in [2.05, 4.69) is 32.6 Å². The van der Waals surface area contributed by atoms with Crippen molar-refractivity contribution in [3.63, 3.8) is 0 Å². The highest BCUT2D eigenvalue weighted by Gasteiger charge is 2.22. The summed E-state index contributed by atoms with van der Waals surface area (Å²) >= 11 is 0. The fourth-order valence-electron chi connectivity index (χ4n) is 5.78. The van der Waals surface area contributed by atoms with E-state index >= 15 is 0 Å². The van der Waals surface area contributed by atoms with Crippen LogP contribution in [0, 0.1) is 11.8 Å². The maximum Gasteiger partial charge on any atom is 0.253 e. The molecule has 1 aromatic heterocycles. The molecule has 0 aliphatic carbocycles. The van der Waals surface area contributed by atoms with E-state index in [1.54, 1.807) is 19.1 Å². The number of hydrogen-bond acceptors (Lipinski definition) is 5. The van der Waals surface area contributed by atoms with Gasteiger partial charge in [-0.2, -0.15) is 0 Å². The van der Waals surface area contributed by atoms with E-state index < -0.39 is 0 Å². The van der Waals surface area contributed by atoms with Gasteiger partial charge in [0.1, 0.15) is 0 Å². The Morgan fingerprint density at radius 1 is 0.837 bits per heavy atom. The second kappa shape index (κ2) is 15.4.